The molecule has 4 nitrogen and oxygen atoms in total. The molecule has 7 heteroatoms. The zero-order chi connectivity index (χ0) is 17.1. The lowest BCUT2D eigenvalue weighted by Gasteiger charge is -2.27. The molecule has 0 amide bonds. The molecular weight excluding hydrogens is 350 g/mol. The maximum Gasteiger partial charge on any atom is 0.147 e. The van der Waals surface area contributed by atoms with Gasteiger partial charge in [-0.05, 0) is 30.3 Å². The molecule has 0 aliphatic carbocycles. The fourth-order valence-electron chi connectivity index (χ4n) is 2.42. The Morgan fingerprint density at radius 2 is 1.88 bits per heavy atom. The minimum atomic E-state index is -0.407. The lowest BCUT2D eigenvalue weighted by molar-refractivity contribution is 0.628. The second kappa shape index (κ2) is 7.13. The smallest absolute Gasteiger partial charge is 0.147 e. The molecule has 3 aromatic rings. The van der Waals surface area contributed by atoms with Crippen LogP contribution in [0, 0.1) is 5.82 Å². The second-order valence-corrected chi connectivity index (χ2v) is 5.79. The van der Waals surface area contributed by atoms with E-state index in [0.717, 1.165) is 0 Å². The number of benzene rings is 2. The minimum Gasteiger partial charge on any atom is -0.326 e. The van der Waals surface area contributed by atoms with Gasteiger partial charge in [0.05, 0.1) is 11.4 Å². The van der Waals surface area contributed by atoms with Gasteiger partial charge in [-0.1, -0.05) is 35.3 Å². The molecule has 2 aromatic carbocycles. The Morgan fingerprint density at radius 3 is 2.54 bits per heavy atom. The standard InChI is InChI=1S/C17H13Cl2FN4/c18-11-7-13(19)12(9-21)16(8-11)24(17-5-6-22-10-23-17)15-4-2-1-3-14(15)20/h1-8,10H,9,21H2. The predicted octanol–water partition coefficient (Wildman–Crippen LogP) is 4.85. The van der Waals surface area contributed by atoms with Gasteiger partial charge in [0.2, 0.25) is 0 Å². The highest BCUT2D eigenvalue weighted by Gasteiger charge is 2.21. The van der Waals surface area contributed by atoms with Crippen molar-refractivity contribution in [3.8, 4) is 0 Å². The summed E-state index contributed by atoms with van der Waals surface area (Å²) >= 11 is 12.4. The summed E-state index contributed by atoms with van der Waals surface area (Å²) in [5, 5.41) is 0.831. The fourth-order valence-corrected chi connectivity index (χ4v) is 2.98. The molecule has 0 saturated heterocycles. The predicted molar refractivity (Wildman–Crippen MR) is 94.6 cm³/mol. The van der Waals surface area contributed by atoms with Crippen molar-refractivity contribution in [2.45, 2.75) is 6.54 Å². The van der Waals surface area contributed by atoms with Crippen LogP contribution in [0.4, 0.5) is 21.6 Å². The Bertz CT molecular complexity index is 858. The van der Waals surface area contributed by atoms with Gasteiger partial charge in [-0.15, -0.1) is 0 Å². The highest BCUT2D eigenvalue weighted by atomic mass is 35.5. The number of nitrogens with zero attached hydrogens (tertiary/aromatic N) is 3. The Labute approximate surface area is 148 Å². The second-order valence-electron chi connectivity index (χ2n) is 4.94. The maximum atomic E-state index is 14.5. The van der Waals surface area contributed by atoms with Crippen molar-refractivity contribution in [3.05, 3.63) is 76.4 Å². The van der Waals surface area contributed by atoms with E-state index in [1.54, 1.807) is 47.5 Å². The molecule has 1 aromatic heterocycles. The van der Waals surface area contributed by atoms with Crippen LogP contribution < -0.4 is 10.6 Å². The first-order valence-corrected chi connectivity index (χ1v) is 7.86. The summed E-state index contributed by atoms with van der Waals surface area (Å²) in [4.78, 5) is 9.76. The first kappa shape index (κ1) is 16.6. The number of para-hydroxylation sites is 1. The van der Waals surface area contributed by atoms with E-state index in [1.165, 1.54) is 12.4 Å². The summed E-state index contributed by atoms with van der Waals surface area (Å²) in [7, 11) is 0. The Balaban J connectivity index is 2.30. The van der Waals surface area contributed by atoms with Crippen molar-refractivity contribution >= 4 is 40.4 Å². The van der Waals surface area contributed by atoms with Crippen LogP contribution in [0.2, 0.25) is 10.0 Å². The van der Waals surface area contributed by atoms with Crippen LogP contribution in [0.25, 0.3) is 0 Å². The molecule has 0 fully saturated rings. The molecule has 0 aliphatic heterocycles. The molecule has 0 atom stereocenters. The van der Waals surface area contributed by atoms with Gasteiger partial charge in [-0.25, -0.2) is 14.4 Å². The van der Waals surface area contributed by atoms with Crippen molar-refractivity contribution in [1.82, 2.24) is 9.97 Å². The summed E-state index contributed by atoms with van der Waals surface area (Å²) in [6.07, 6.45) is 2.96. The Hall–Kier alpha value is -2.21. The summed E-state index contributed by atoms with van der Waals surface area (Å²) < 4.78 is 14.5. The number of hydrogen-bond donors (Lipinski definition) is 1. The third-order valence-corrected chi connectivity index (χ3v) is 4.03. The van der Waals surface area contributed by atoms with E-state index in [1.807, 2.05) is 0 Å². The van der Waals surface area contributed by atoms with E-state index in [-0.39, 0.29) is 6.54 Å². The van der Waals surface area contributed by atoms with Gasteiger partial charge in [-0.2, -0.15) is 0 Å². The molecule has 122 valence electrons. The summed E-state index contributed by atoms with van der Waals surface area (Å²) in [6, 6.07) is 11.3. The van der Waals surface area contributed by atoms with E-state index in [0.29, 0.717) is 32.8 Å². The van der Waals surface area contributed by atoms with Crippen molar-refractivity contribution in [1.29, 1.82) is 0 Å². The van der Waals surface area contributed by atoms with E-state index >= 15 is 0 Å². The van der Waals surface area contributed by atoms with Gasteiger partial charge in [0.25, 0.3) is 0 Å². The van der Waals surface area contributed by atoms with Crippen LogP contribution in [-0.4, -0.2) is 9.97 Å². The first-order chi connectivity index (χ1) is 11.6. The molecular formula is C17H13Cl2FN4. The monoisotopic (exact) mass is 362 g/mol. The number of aromatic nitrogens is 2. The lowest BCUT2D eigenvalue weighted by Crippen LogP contribution is -2.16. The van der Waals surface area contributed by atoms with Crippen molar-refractivity contribution in [2.24, 2.45) is 5.73 Å². The zero-order valence-electron chi connectivity index (χ0n) is 12.5. The number of hydrogen-bond acceptors (Lipinski definition) is 4. The maximum absolute atomic E-state index is 14.5. The lowest BCUT2D eigenvalue weighted by atomic mass is 10.1. The van der Waals surface area contributed by atoms with E-state index < -0.39 is 5.82 Å². The van der Waals surface area contributed by atoms with Crippen LogP contribution in [0.5, 0.6) is 0 Å². The van der Waals surface area contributed by atoms with E-state index in [9.17, 15) is 4.39 Å². The highest BCUT2D eigenvalue weighted by Crippen LogP contribution is 2.40. The molecule has 1 heterocycles. The van der Waals surface area contributed by atoms with Crippen molar-refractivity contribution in [3.63, 3.8) is 0 Å². The molecule has 0 spiro atoms. The van der Waals surface area contributed by atoms with Gasteiger partial charge in [0.15, 0.2) is 0 Å². The highest BCUT2D eigenvalue weighted by molar-refractivity contribution is 6.35. The first-order valence-electron chi connectivity index (χ1n) is 7.10. The van der Waals surface area contributed by atoms with Crippen LogP contribution in [0.1, 0.15) is 5.56 Å². The van der Waals surface area contributed by atoms with Gasteiger partial charge >= 0.3 is 0 Å². The van der Waals surface area contributed by atoms with Crippen molar-refractivity contribution < 1.29 is 4.39 Å². The molecule has 0 unspecified atom stereocenters. The van der Waals surface area contributed by atoms with E-state index in [4.69, 9.17) is 28.9 Å². The van der Waals surface area contributed by atoms with Gasteiger partial charge in [0, 0.05) is 28.4 Å². The number of rotatable bonds is 4. The van der Waals surface area contributed by atoms with E-state index in [2.05, 4.69) is 9.97 Å². The van der Waals surface area contributed by atoms with Crippen LogP contribution >= 0.6 is 23.2 Å². The third kappa shape index (κ3) is 3.19. The molecule has 24 heavy (non-hydrogen) atoms. The SMILES string of the molecule is NCc1c(Cl)cc(Cl)cc1N(c1ccncn1)c1ccccc1F. The normalized spacial score (nSPS) is 10.7. The number of halogens is 3. The molecule has 0 radical (unpaired) electrons. The van der Waals surface area contributed by atoms with Crippen LogP contribution in [0.3, 0.4) is 0 Å². The minimum absolute atomic E-state index is 0.168. The average Bonchev–Trinajstić information content (AvgIpc) is 2.57. The molecule has 0 bridgehead atoms. The number of nitrogens with two attached hydrogens (primary N) is 1. The Kier molecular flexibility index (Phi) is 4.94. The average molecular weight is 363 g/mol. The van der Waals surface area contributed by atoms with Crippen LogP contribution in [-0.2, 0) is 6.54 Å². The molecule has 0 aliphatic rings. The van der Waals surface area contributed by atoms with Gasteiger partial charge < -0.3 is 5.73 Å². The summed E-state index contributed by atoms with van der Waals surface area (Å²) in [5.74, 6) is 0.0679. The topological polar surface area (TPSA) is 55.0 Å². The zero-order valence-corrected chi connectivity index (χ0v) is 14.0. The van der Waals surface area contributed by atoms with Crippen molar-refractivity contribution in [2.75, 3.05) is 4.90 Å². The van der Waals surface area contributed by atoms with Gasteiger partial charge in [0.1, 0.15) is 18.0 Å². The summed E-state index contributed by atoms with van der Waals surface area (Å²) in [5.41, 5.74) is 7.37. The third-order valence-electron chi connectivity index (χ3n) is 3.47. The quantitative estimate of drug-likeness (QED) is 0.720. The Morgan fingerprint density at radius 1 is 1.08 bits per heavy atom. The largest absolute Gasteiger partial charge is 0.326 e. The molecule has 3 rings (SSSR count). The molecule has 2 N–H and O–H groups in total. The molecule has 0 saturated carbocycles. The van der Waals surface area contributed by atoms with Gasteiger partial charge in [-0.3, -0.25) is 4.90 Å². The fraction of sp³-hybridized carbons (Fsp3) is 0.0588. The van der Waals surface area contributed by atoms with Crippen LogP contribution in [0.15, 0.2) is 55.0 Å². The number of anilines is 3. The summed E-state index contributed by atoms with van der Waals surface area (Å²) in [6.45, 7) is 0.168.